The van der Waals surface area contributed by atoms with E-state index in [0.717, 1.165) is 0 Å². The number of hydrogen-bond donors (Lipinski definition) is 1. The van der Waals surface area contributed by atoms with Crippen LogP contribution in [-0.4, -0.2) is 55.3 Å². The molecule has 1 N–H and O–H groups in total. The zero-order valence-corrected chi connectivity index (χ0v) is 20.5. The summed E-state index contributed by atoms with van der Waals surface area (Å²) in [5, 5.41) is 2.96. The molecule has 2 aliphatic heterocycles. The molecule has 11 heteroatoms. The molecule has 0 unspecified atom stereocenters. The molecular formula is C24H27F2N3O5S. The third kappa shape index (κ3) is 5.00. The Labute approximate surface area is 202 Å². The Hall–Kier alpha value is -3.08. The van der Waals surface area contributed by atoms with E-state index >= 15 is 0 Å². The summed E-state index contributed by atoms with van der Waals surface area (Å²) in [6, 6.07) is 7.75. The van der Waals surface area contributed by atoms with Gasteiger partial charge in [0.05, 0.1) is 22.6 Å². The third-order valence-corrected chi connectivity index (χ3v) is 8.23. The summed E-state index contributed by atoms with van der Waals surface area (Å²) in [5.74, 6) is -0.200. The molecule has 4 rings (SSSR count). The van der Waals surface area contributed by atoms with Crippen molar-refractivity contribution in [1.29, 1.82) is 0 Å². The summed E-state index contributed by atoms with van der Waals surface area (Å²) >= 11 is 0. The van der Waals surface area contributed by atoms with Crippen LogP contribution in [0.25, 0.3) is 0 Å². The molecule has 0 aliphatic carbocycles. The molecule has 0 atom stereocenters. The Morgan fingerprint density at radius 1 is 1.17 bits per heavy atom. The van der Waals surface area contributed by atoms with Crippen molar-refractivity contribution in [2.75, 3.05) is 23.0 Å². The van der Waals surface area contributed by atoms with Gasteiger partial charge < -0.3 is 10.1 Å². The Morgan fingerprint density at radius 2 is 1.86 bits per heavy atom. The van der Waals surface area contributed by atoms with E-state index in [9.17, 15) is 26.8 Å². The number of amides is 2. The van der Waals surface area contributed by atoms with Gasteiger partial charge in [-0.05, 0) is 63.4 Å². The topological polar surface area (TPSA) is 106 Å². The fourth-order valence-electron chi connectivity index (χ4n) is 4.34. The second kappa shape index (κ2) is 8.85. The van der Waals surface area contributed by atoms with E-state index in [1.165, 1.54) is 23.2 Å². The van der Waals surface area contributed by atoms with Crippen LogP contribution in [0.4, 0.5) is 20.3 Å². The van der Waals surface area contributed by atoms with E-state index < -0.39 is 33.8 Å². The van der Waals surface area contributed by atoms with E-state index in [2.05, 4.69) is 10.3 Å². The maximum absolute atomic E-state index is 13.3. The lowest BCUT2D eigenvalue weighted by atomic mass is 9.85. The quantitative estimate of drug-likeness (QED) is 0.643. The highest BCUT2D eigenvalue weighted by Gasteiger charge is 2.45. The average Bonchev–Trinajstić information content (AvgIpc) is 3.00. The molecule has 2 aromatic rings. The van der Waals surface area contributed by atoms with Gasteiger partial charge in [0.1, 0.15) is 28.0 Å². The number of ether oxygens (including phenoxy) is 1. The Bertz CT molecular complexity index is 1270. The standard InChI is InChI=1S/C24H27F2N3O5S/c1-23(2)17-12-15(21(30)28-24(3)7-10-35(32,33)11-8-24)4-5-18(17)29(22(23)31)20-13-16(6-9-27-20)34-14-19(25)26/h4-6,9,12-13,19H,7-8,10-11,14H2,1-3H3,(H,28,30). The van der Waals surface area contributed by atoms with Crippen LogP contribution in [-0.2, 0) is 20.0 Å². The molecule has 1 saturated heterocycles. The molecule has 188 valence electrons. The van der Waals surface area contributed by atoms with Gasteiger partial charge in [-0.3, -0.25) is 14.5 Å². The number of carbonyl (C=O) groups excluding carboxylic acids is 2. The van der Waals surface area contributed by atoms with Gasteiger partial charge in [0.2, 0.25) is 5.91 Å². The zero-order chi connectivity index (χ0) is 25.6. The van der Waals surface area contributed by atoms with Crippen molar-refractivity contribution in [3.63, 3.8) is 0 Å². The number of nitrogens with zero attached hydrogens (tertiary/aromatic N) is 2. The summed E-state index contributed by atoms with van der Waals surface area (Å²) in [6.45, 7) is 4.53. The molecular weight excluding hydrogens is 480 g/mol. The number of hydrogen-bond acceptors (Lipinski definition) is 6. The van der Waals surface area contributed by atoms with Gasteiger partial charge in [-0.1, -0.05) is 0 Å². The van der Waals surface area contributed by atoms with Crippen molar-refractivity contribution < 1.29 is 31.5 Å². The molecule has 0 bridgehead atoms. The van der Waals surface area contributed by atoms with Crippen LogP contribution in [0, 0.1) is 0 Å². The number of aromatic nitrogens is 1. The molecule has 1 aromatic carbocycles. The van der Waals surface area contributed by atoms with Crippen LogP contribution < -0.4 is 15.0 Å². The first-order chi connectivity index (χ1) is 16.3. The van der Waals surface area contributed by atoms with Gasteiger partial charge in [0.25, 0.3) is 12.3 Å². The van der Waals surface area contributed by atoms with Crippen LogP contribution in [0.15, 0.2) is 36.5 Å². The summed E-state index contributed by atoms with van der Waals surface area (Å²) in [7, 11) is -3.07. The summed E-state index contributed by atoms with van der Waals surface area (Å²) < 4.78 is 53.7. The summed E-state index contributed by atoms with van der Waals surface area (Å²) in [4.78, 5) is 32.0. The number of alkyl halides is 2. The molecule has 0 spiro atoms. The van der Waals surface area contributed by atoms with Gasteiger partial charge in [0, 0.05) is 23.4 Å². The summed E-state index contributed by atoms with van der Waals surface area (Å²) in [6.07, 6.45) is -0.593. The van der Waals surface area contributed by atoms with Crippen molar-refractivity contribution in [3.8, 4) is 5.75 Å². The largest absolute Gasteiger partial charge is 0.487 e. The molecule has 0 saturated carbocycles. The minimum Gasteiger partial charge on any atom is -0.487 e. The second-order valence-corrected chi connectivity index (χ2v) is 12.0. The Balaban J connectivity index is 1.61. The number of sulfone groups is 1. The highest BCUT2D eigenvalue weighted by atomic mass is 32.2. The third-order valence-electron chi connectivity index (χ3n) is 6.58. The maximum Gasteiger partial charge on any atom is 0.272 e. The number of halogens is 2. The van der Waals surface area contributed by atoms with Crippen molar-refractivity contribution in [2.24, 2.45) is 0 Å². The molecule has 0 radical (unpaired) electrons. The monoisotopic (exact) mass is 507 g/mol. The first-order valence-corrected chi connectivity index (χ1v) is 13.0. The highest BCUT2D eigenvalue weighted by molar-refractivity contribution is 7.91. The zero-order valence-electron chi connectivity index (χ0n) is 19.7. The number of rotatable bonds is 6. The number of fused-ring (bicyclic) bond motifs is 1. The molecule has 1 fully saturated rings. The smallest absolute Gasteiger partial charge is 0.272 e. The van der Waals surface area contributed by atoms with Crippen molar-refractivity contribution in [3.05, 3.63) is 47.7 Å². The van der Waals surface area contributed by atoms with Crippen molar-refractivity contribution >= 4 is 33.2 Å². The SMILES string of the molecule is CC1(NC(=O)c2ccc3c(c2)C(C)(C)C(=O)N3c2cc(OCC(F)F)ccn2)CCS(=O)(=O)CC1. The molecule has 8 nitrogen and oxygen atoms in total. The van der Waals surface area contributed by atoms with Gasteiger partial charge in [0.15, 0.2) is 0 Å². The lowest BCUT2D eigenvalue weighted by molar-refractivity contribution is -0.121. The summed E-state index contributed by atoms with van der Waals surface area (Å²) in [5.41, 5.74) is -0.113. The van der Waals surface area contributed by atoms with Crippen LogP contribution in [0.1, 0.15) is 49.5 Å². The predicted molar refractivity (Wildman–Crippen MR) is 126 cm³/mol. The van der Waals surface area contributed by atoms with Gasteiger partial charge in [-0.15, -0.1) is 0 Å². The van der Waals surface area contributed by atoms with Crippen LogP contribution in [0.5, 0.6) is 5.75 Å². The number of anilines is 2. The Morgan fingerprint density at radius 3 is 2.51 bits per heavy atom. The maximum atomic E-state index is 13.3. The van der Waals surface area contributed by atoms with Gasteiger partial charge in [-0.2, -0.15) is 0 Å². The van der Waals surface area contributed by atoms with Crippen LogP contribution >= 0.6 is 0 Å². The minimum atomic E-state index is -3.07. The van der Waals surface area contributed by atoms with Crippen molar-refractivity contribution in [1.82, 2.24) is 10.3 Å². The normalized spacial score (nSPS) is 19.9. The first kappa shape index (κ1) is 25.0. The molecule has 3 heterocycles. The molecule has 35 heavy (non-hydrogen) atoms. The predicted octanol–water partition coefficient (Wildman–Crippen LogP) is 3.38. The number of benzene rings is 1. The molecule has 2 aliphatic rings. The van der Waals surface area contributed by atoms with E-state index in [1.807, 2.05) is 6.92 Å². The van der Waals surface area contributed by atoms with Gasteiger partial charge in [-0.25, -0.2) is 22.2 Å². The lowest BCUT2D eigenvalue weighted by Crippen LogP contribution is -2.50. The number of carbonyl (C=O) groups is 2. The minimum absolute atomic E-state index is 0.0253. The molecule has 2 amide bonds. The van der Waals surface area contributed by atoms with E-state index in [1.54, 1.807) is 32.0 Å². The van der Waals surface area contributed by atoms with Crippen LogP contribution in [0.2, 0.25) is 0 Å². The fourth-order valence-corrected chi connectivity index (χ4v) is 6.06. The lowest BCUT2D eigenvalue weighted by Gasteiger charge is -2.34. The van der Waals surface area contributed by atoms with E-state index in [4.69, 9.17) is 4.74 Å². The first-order valence-electron chi connectivity index (χ1n) is 11.2. The fraction of sp³-hybridized carbons (Fsp3) is 0.458. The van der Waals surface area contributed by atoms with Gasteiger partial charge >= 0.3 is 0 Å². The van der Waals surface area contributed by atoms with E-state index in [0.29, 0.717) is 29.7 Å². The highest BCUT2D eigenvalue weighted by Crippen LogP contribution is 2.45. The molecule has 1 aromatic heterocycles. The number of nitrogens with one attached hydrogen (secondary N) is 1. The average molecular weight is 508 g/mol. The van der Waals surface area contributed by atoms with E-state index in [-0.39, 0.29) is 34.9 Å². The number of pyridine rings is 1. The Kier molecular flexibility index (Phi) is 6.33. The van der Waals surface area contributed by atoms with Crippen molar-refractivity contribution in [2.45, 2.75) is 51.0 Å². The second-order valence-electron chi connectivity index (χ2n) is 9.72. The van der Waals surface area contributed by atoms with Crippen LogP contribution in [0.3, 0.4) is 0 Å².